The molecule has 0 amide bonds. The maximum Gasteiger partial charge on any atom is 0.144 e. The fraction of sp³-hybridized carbons (Fsp3) is 0.500. The van der Waals surface area contributed by atoms with Crippen LogP contribution in [0.4, 0.5) is 8.78 Å². The average molecular weight is 323 g/mol. The molecule has 1 nitrogen and oxygen atoms in total. The first-order chi connectivity index (χ1) is 8.09. The standard InChI is InChI=1S/C12H13BrF2OS/c1-7-11(4-5-16-7)17-6-8-10(14)3-2-9(13)12(8)15/h2-3,7,11H,4-6H2,1H3. The van der Waals surface area contributed by atoms with E-state index in [-0.39, 0.29) is 11.7 Å². The molecule has 1 aliphatic heterocycles. The predicted octanol–water partition coefficient (Wildman–Crippen LogP) is 4.14. The van der Waals surface area contributed by atoms with Gasteiger partial charge in [0, 0.05) is 23.2 Å². The third-order valence-electron chi connectivity index (χ3n) is 2.89. The predicted molar refractivity (Wildman–Crippen MR) is 69.2 cm³/mol. The van der Waals surface area contributed by atoms with Crippen molar-refractivity contribution in [3.63, 3.8) is 0 Å². The molecule has 0 saturated carbocycles. The zero-order chi connectivity index (χ0) is 12.4. The summed E-state index contributed by atoms with van der Waals surface area (Å²) >= 11 is 4.63. The van der Waals surface area contributed by atoms with Gasteiger partial charge in [0.25, 0.3) is 0 Å². The van der Waals surface area contributed by atoms with Gasteiger partial charge in [-0.3, -0.25) is 0 Å². The minimum absolute atomic E-state index is 0.142. The zero-order valence-electron chi connectivity index (χ0n) is 9.38. The maximum absolute atomic E-state index is 13.7. The molecule has 5 heteroatoms. The molecule has 0 bridgehead atoms. The quantitative estimate of drug-likeness (QED) is 0.773. The van der Waals surface area contributed by atoms with E-state index in [1.165, 1.54) is 12.1 Å². The number of hydrogen-bond donors (Lipinski definition) is 0. The second-order valence-electron chi connectivity index (χ2n) is 4.04. The summed E-state index contributed by atoms with van der Waals surface area (Å²) in [4.78, 5) is 0. The molecule has 0 aliphatic carbocycles. The van der Waals surface area contributed by atoms with E-state index in [9.17, 15) is 8.78 Å². The van der Waals surface area contributed by atoms with E-state index in [4.69, 9.17) is 4.74 Å². The lowest BCUT2D eigenvalue weighted by atomic mass is 10.2. The van der Waals surface area contributed by atoms with Crippen molar-refractivity contribution in [2.45, 2.75) is 30.5 Å². The van der Waals surface area contributed by atoms with Gasteiger partial charge in [0.1, 0.15) is 11.6 Å². The van der Waals surface area contributed by atoms with Gasteiger partial charge < -0.3 is 4.74 Å². The number of hydrogen-bond acceptors (Lipinski definition) is 2. The Bertz CT molecular complexity index is 414. The summed E-state index contributed by atoms with van der Waals surface area (Å²) in [6, 6.07) is 2.68. The van der Waals surface area contributed by atoms with Crippen LogP contribution in [-0.2, 0) is 10.5 Å². The fourth-order valence-corrected chi connectivity index (χ4v) is 3.45. The van der Waals surface area contributed by atoms with Crippen LogP contribution < -0.4 is 0 Å². The van der Waals surface area contributed by atoms with Crippen molar-refractivity contribution in [3.8, 4) is 0 Å². The van der Waals surface area contributed by atoms with Crippen LogP contribution >= 0.6 is 27.7 Å². The second kappa shape index (κ2) is 5.67. The van der Waals surface area contributed by atoms with Crippen LogP contribution in [0.5, 0.6) is 0 Å². The summed E-state index contributed by atoms with van der Waals surface area (Å²) in [5.74, 6) is -0.635. The molecule has 1 aromatic rings. The SMILES string of the molecule is CC1OCCC1SCc1c(F)ccc(Br)c1F. The second-order valence-corrected chi connectivity index (χ2v) is 6.12. The van der Waals surface area contributed by atoms with E-state index in [0.717, 1.165) is 13.0 Å². The lowest BCUT2D eigenvalue weighted by Crippen LogP contribution is -2.13. The summed E-state index contributed by atoms with van der Waals surface area (Å²) in [5, 5.41) is 0.327. The van der Waals surface area contributed by atoms with Gasteiger partial charge in [0.15, 0.2) is 0 Å². The van der Waals surface area contributed by atoms with Gasteiger partial charge in [-0.05, 0) is 41.4 Å². The largest absolute Gasteiger partial charge is 0.377 e. The van der Waals surface area contributed by atoms with Gasteiger partial charge in [0.2, 0.25) is 0 Å². The molecule has 0 aromatic heterocycles. The number of halogens is 3. The highest BCUT2D eigenvalue weighted by atomic mass is 79.9. The van der Waals surface area contributed by atoms with E-state index in [1.807, 2.05) is 6.92 Å². The number of benzene rings is 1. The van der Waals surface area contributed by atoms with Crippen LogP contribution in [0, 0.1) is 11.6 Å². The Hall–Kier alpha value is -0.130. The van der Waals surface area contributed by atoms with Crippen LogP contribution in [0.1, 0.15) is 18.9 Å². The molecule has 2 rings (SSSR count). The molecule has 0 spiro atoms. The first-order valence-electron chi connectivity index (χ1n) is 5.45. The fourth-order valence-electron chi connectivity index (χ4n) is 1.82. The number of rotatable bonds is 3. The Kier molecular flexibility index (Phi) is 4.44. The van der Waals surface area contributed by atoms with E-state index in [1.54, 1.807) is 11.8 Å². The van der Waals surface area contributed by atoms with Gasteiger partial charge >= 0.3 is 0 Å². The van der Waals surface area contributed by atoms with Crippen LogP contribution in [0.15, 0.2) is 16.6 Å². The van der Waals surface area contributed by atoms with Crippen LogP contribution in [-0.4, -0.2) is 18.0 Å². The van der Waals surface area contributed by atoms with Crippen LogP contribution in [0.3, 0.4) is 0 Å². The Balaban J connectivity index is 2.06. The van der Waals surface area contributed by atoms with Gasteiger partial charge in [-0.2, -0.15) is 11.8 Å². The molecular formula is C12H13BrF2OS. The van der Waals surface area contributed by atoms with E-state index in [2.05, 4.69) is 15.9 Å². The van der Waals surface area contributed by atoms with Crippen molar-refractivity contribution in [2.24, 2.45) is 0 Å². The van der Waals surface area contributed by atoms with Crippen molar-refractivity contribution in [1.82, 2.24) is 0 Å². The van der Waals surface area contributed by atoms with E-state index >= 15 is 0 Å². The molecule has 0 N–H and O–H groups in total. The molecule has 2 atom stereocenters. The molecule has 2 unspecified atom stereocenters. The molecule has 0 radical (unpaired) electrons. The third kappa shape index (κ3) is 3.01. The van der Waals surface area contributed by atoms with E-state index in [0.29, 0.717) is 15.5 Å². The zero-order valence-corrected chi connectivity index (χ0v) is 11.8. The Labute approximate surface area is 112 Å². The lowest BCUT2D eigenvalue weighted by molar-refractivity contribution is 0.127. The average Bonchev–Trinajstić information content (AvgIpc) is 2.70. The first kappa shape index (κ1) is 13.3. The van der Waals surface area contributed by atoms with Crippen LogP contribution in [0.2, 0.25) is 0 Å². The molecule has 1 saturated heterocycles. The normalized spacial score (nSPS) is 24.2. The van der Waals surface area contributed by atoms with Crippen molar-refractivity contribution >= 4 is 27.7 Å². The minimum atomic E-state index is -0.496. The van der Waals surface area contributed by atoms with Crippen molar-refractivity contribution in [3.05, 3.63) is 33.8 Å². The molecule has 17 heavy (non-hydrogen) atoms. The minimum Gasteiger partial charge on any atom is -0.377 e. The molecule has 1 aromatic carbocycles. The van der Waals surface area contributed by atoms with Gasteiger partial charge in [-0.1, -0.05) is 0 Å². The van der Waals surface area contributed by atoms with Crippen molar-refractivity contribution < 1.29 is 13.5 Å². The highest BCUT2D eigenvalue weighted by Gasteiger charge is 2.25. The van der Waals surface area contributed by atoms with Crippen molar-refractivity contribution in [1.29, 1.82) is 0 Å². The van der Waals surface area contributed by atoms with E-state index < -0.39 is 11.6 Å². The molecule has 1 fully saturated rings. The molecule has 94 valence electrons. The molecule has 1 aliphatic rings. The Morgan fingerprint density at radius 1 is 1.47 bits per heavy atom. The highest BCUT2D eigenvalue weighted by Crippen LogP contribution is 2.32. The van der Waals surface area contributed by atoms with Gasteiger partial charge in [-0.25, -0.2) is 8.78 Å². The topological polar surface area (TPSA) is 9.23 Å². The lowest BCUT2D eigenvalue weighted by Gasteiger charge is -2.14. The summed E-state index contributed by atoms with van der Waals surface area (Å²) in [7, 11) is 0. The number of thioether (sulfide) groups is 1. The summed E-state index contributed by atoms with van der Waals surface area (Å²) in [6.07, 6.45) is 1.11. The smallest absolute Gasteiger partial charge is 0.144 e. The Morgan fingerprint density at radius 2 is 2.24 bits per heavy atom. The molecule has 1 heterocycles. The summed E-state index contributed by atoms with van der Waals surface area (Å²) in [5.41, 5.74) is 0.142. The molecular weight excluding hydrogens is 310 g/mol. The van der Waals surface area contributed by atoms with Crippen LogP contribution in [0.25, 0.3) is 0 Å². The van der Waals surface area contributed by atoms with Gasteiger partial charge in [0.05, 0.1) is 10.6 Å². The van der Waals surface area contributed by atoms with Gasteiger partial charge in [-0.15, -0.1) is 0 Å². The highest BCUT2D eigenvalue weighted by molar-refractivity contribution is 9.10. The Morgan fingerprint density at radius 3 is 2.88 bits per heavy atom. The summed E-state index contributed by atoms with van der Waals surface area (Å²) in [6.45, 7) is 2.74. The first-order valence-corrected chi connectivity index (χ1v) is 7.29. The third-order valence-corrected chi connectivity index (χ3v) is 5.00. The summed E-state index contributed by atoms with van der Waals surface area (Å²) < 4.78 is 32.9. The number of ether oxygens (including phenoxy) is 1. The maximum atomic E-state index is 13.7. The van der Waals surface area contributed by atoms with Crippen molar-refractivity contribution in [2.75, 3.05) is 6.61 Å². The monoisotopic (exact) mass is 322 g/mol.